The smallest absolute Gasteiger partial charge is 0.0336 e. The second kappa shape index (κ2) is 39.2. The summed E-state index contributed by atoms with van der Waals surface area (Å²) in [5.41, 5.74) is 15.9. The Morgan fingerprint density at radius 2 is 0.500 bits per heavy atom. The monoisotopic (exact) mass is 253 g/mol. The van der Waals surface area contributed by atoms with Crippen molar-refractivity contribution in [2.24, 2.45) is 0 Å². The third-order valence-corrected chi connectivity index (χ3v) is 0. The van der Waals surface area contributed by atoms with Crippen molar-refractivity contribution in [1.82, 2.24) is 0 Å². The predicted octanol–water partition coefficient (Wildman–Crippen LogP) is -1.76. The van der Waals surface area contributed by atoms with Crippen molar-refractivity contribution < 1.29 is 31.5 Å². The van der Waals surface area contributed by atoms with Crippen molar-refractivity contribution in [3.05, 3.63) is 31.2 Å². The standard InChI is InChI=1S/CH4.3HN2O2.3H2O/c;3*1-2(3)4;;;/h1H4;3*(H-,1,3,4);3*1H2/q;3*-1;;;. The minimum absolute atomic E-state index is 0. The van der Waals surface area contributed by atoms with Crippen molar-refractivity contribution in [3.8, 4) is 0 Å². The molecule has 0 unspecified atom stereocenters. The molecule has 104 valence electrons. The molecular weight excluding hydrogens is 240 g/mol. The van der Waals surface area contributed by atoms with Gasteiger partial charge in [-0.2, -0.15) is 0 Å². The van der Waals surface area contributed by atoms with Crippen LogP contribution in [0, 0.1) is 47.8 Å². The summed E-state index contributed by atoms with van der Waals surface area (Å²) in [7, 11) is 0. The fraction of sp³-hybridized carbons (Fsp3) is 1.00. The molecule has 0 aliphatic carbocycles. The van der Waals surface area contributed by atoms with Gasteiger partial charge in [0.05, 0.1) is 0 Å². The average Bonchev–Trinajstić information content (AvgIpc) is 1.54. The lowest BCUT2D eigenvalue weighted by Gasteiger charge is -1.88. The number of hydrogen-bond acceptors (Lipinski definition) is 9. The van der Waals surface area contributed by atoms with Gasteiger partial charge in [-0.3, -0.25) is 0 Å². The van der Waals surface area contributed by atoms with Gasteiger partial charge >= 0.3 is 0 Å². The van der Waals surface area contributed by atoms with Crippen molar-refractivity contribution in [2.75, 3.05) is 0 Å². The van der Waals surface area contributed by atoms with Crippen LogP contribution in [0.5, 0.6) is 0 Å². The van der Waals surface area contributed by atoms with Crippen LogP contribution in [0.3, 0.4) is 0 Å². The van der Waals surface area contributed by atoms with Gasteiger partial charge in [-0.15, -0.1) is 0 Å². The van der Waals surface area contributed by atoms with Crippen molar-refractivity contribution in [1.29, 1.82) is 16.6 Å². The van der Waals surface area contributed by atoms with E-state index in [-0.39, 0.29) is 23.9 Å². The van der Waals surface area contributed by atoms with Crippen LogP contribution < -0.4 is 0 Å². The normalized spacial score (nSPS) is 4.50. The highest BCUT2D eigenvalue weighted by molar-refractivity contribution is 3.95. The van der Waals surface area contributed by atoms with E-state index in [1.807, 2.05) is 0 Å². The zero-order chi connectivity index (χ0) is 10.7. The van der Waals surface area contributed by atoms with Gasteiger partial charge in [-0.25, -0.2) is 0 Å². The Hall–Kier alpha value is -2.52. The van der Waals surface area contributed by atoms with Crippen LogP contribution in [-0.4, -0.2) is 31.5 Å². The molecule has 0 radical (unpaired) electrons. The van der Waals surface area contributed by atoms with Crippen LogP contribution in [0.2, 0.25) is 0 Å². The minimum atomic E-state index is -1.25. The Morgan fingerprint density at radius 3 is 0.500 bits per heavy atom. The topological polar surface area (TPSA) is 313 Å². The molecule has 15 heteroatoms. The maximum atomic E-state index is 8.47. The van der Waals surface area contributed by atoms with Gasteiger partial charge in [-0.1, -0.05) is 22.5 Å². The predicted molar refractivity (Wildman–Crippen MR) is 46.7 cm³/mol. The zero-order valence-electron chi connectivity index (χ0n) is 6.79. The number of hydrogen-bond donors (Lipinski definition) is 3. The maximum absolute atomic E-state index is 8.47. The van der Waals surface area contributed by atoms with Crippen LogP contribution in [0.4, 0.5) is 0 Å². The third-order valence-electron chi connectivity index (χ3n) is 0. The molecule has 0 amide bonds. The lowest BCUT2D eigenvalue weighted by Crippen LogP contribution is -1.74. The molecule has 16 heavy (non-hydrogen) atoms. The quantitative estimate of drug-likeness (QED) is 0.330. The second-order valence-corrected chi connectivity index (χ2v) is 0.771. The highest BCUT2D eigenvalue weighted by Crippen LogP contribution is 1.45. The summed E-state index contributed by atoms with van der Waals surface area (Å²) in [6.45, 7) is 0. The van der Waals surface area contributed by atoms with Gasteiger partial charge < -0.3 is 47.7 Å². The van der Waals surface area contributed by atoms with Crippen LogP contribution >= 0.6 is 0 Å². The first-order valence-electron chi connectivity index (χ1n) is 1.77. The van der Waals surface area contributed by atoms with Gasteiger partial charge in [0, 0.05) is 0 Å². The molecule has 0 aromatic rings. The fourth-order valence-electron chi connectivity index (χ4n) is 0. The van der Waals surface area contributed by atoms with E-state index in [1.165, 1.54) is 0 Å². The van der Waals surface area contributed by atoms with Gasteiger partial charge in [0.2, 0.25) is 0 Å². The summed E-state index contributed by atoms with van der Waals surface area (Å²) in [5, 5.41) is 47.1. The van der Waals surface area contributed by atoms with Crippen LogP contribution in [0.25, 0.3) is 0 Å². The maximum Gasteiger partial charge on any atom is -0.0336 e. The number of nitrogens with one attached hydrogen (secondary N) is 3. The highest BCUT2D eigenvalue weighted by atomic mass is 16.8. The molecule has 0 aliphatic rings. The van der Waals surface area contributed by atoms with E-state index in [0.29, 0.717) is 0 Å². The molecule has 0 saturated carbocycles. The number of nitrogens with zero attached hydrogens (tertiary/aromatic N) is 3. The molecule has 0 atom stereocenters. The van der Waals surface area contributed by atoms with E-state index < -0.39 is 15.1 Å². The molecule has 0 aromatic heterocycles. The molecule has 0 rings (SSSR count). The molecule has 0 aliphatic heterocycles. The Balaban J connectivity index is -0.0000000135. The van der Waals surface area contributed by atoms with Crippen molar-refractivity contribution in [3.63, 3.8) is 0 Å². The minimum Gasteiger partial charge on any atom is -0.588 e. The molecule has 9 N–H and O–H groups in total. The molecule has 0 bridgehead atoms. The van der Waals surface area contributed by atoms with Crippen molar-refractivity contribution >= 4 is 0 Å². The van der Waals surface area contributed by atoms with Gasteiger partial charge in [0.15, 0.2) is 0 Å². The van der Waals surface area contributed by atoms with E-state index in [1.54, 1.807) is 0 Å². The number of rotatable bonds is 0. The van der Waals surface area contributed by atoms with E-state index >= 15 is 0 Å². The molecule has 0 aromatic carbocycles. The van der Waals surface area contributed by atoms with E-state index in [4.69, 9.17) is 47.8 Å². The SMILES string of the molecule is C.N=[N+]([O-])[O-].N=[N+]([O-])[O-].N=[N+]([O-])[O-].O.O.O. The fourth-order valence-corrected chi connectivity index (χ4v) is 0. The summed E-state index contributed by atoms with van der Waals surface area (Å²) in [4.78, 5) is 0. The Bertz CT molecular complexity index is 118. The molecule has 0 fully saturated rings. The van der Waals surface area contributed by atoms with Crippen LogP contribution in [0.15, 0.2) is 0 Å². The molecule has 0 heterocycles. The van der Waals surface area contributed by atoms with Gasteiger partial charge in [0.25, 0.3) is 0 Å². The molecule has 0 saturated heterocycles. The molecule has 15 nitrogen and oxygen atoms in total. The zero-order valence-corrected chi connectivity index (χ0v) is 6.79. The molecule has 0 spiro atoms. The first-order chi connectivity index (χ1) is 5.20. The largest absolute Gasteiger partial charge is 0.588 e. The summed E-state index contributed by atoms with van der Waals surface area (Å²) >= 11 is 0. The van der Waals surface area contributed by atoms with Gasteiger partial charge in [-0.05, 0) is 16.6 Å². The lowest BCUT2D eigenvalue weighted by atomic mass is 12.0. The molecular formula is CH13N6O9-3. The van der Waals surface area contributed by atoms with Crippen LogP contribution in [0.1, 0.15) is 7.43 Å². The Labute approximate surface area is 88.0 Å². The lowest BCUT2D eigenvalue weighted by molar-refractivity contribution is -0.482. The average molecular weight is 253 g/mol. The van der Waals surface area contributed by atoms with E-state index in [2.05, 4.69) is 0 Å². The van der Waals surface area contributed by atoms with E-state index in [9.17, 15) is 0 Å². The van der Waals surface area contributed by atoms with Gasteiger partial charge in [0.1, 0.15) is 0 Å². The first kappa shape index (κ1) is 50.0. The summed E-state index contributed by atoms with van der Waals surface area (Å²) in [6.07, 6.45) is 0. The third kappa shape index (κ3) is 199. The van der Waals surface area contributed by atoms with Crippen molar-refractivity contribution in [2.45, 2.75) is 7.43 Å². The van der Waals surface area contributed by atoms with Crippen LogP contribution in [-0.2, 0) is 0 Å². The summed E-state index contributed by atoms with van der Waals surface area (Å²) < 4.78 is 0. The first-order valence-corrected chi connectivity index (χ1v) is 1.77. The van der Waals surface area contributed by atoms with E-state index in [0.717, 1.165) is 0 Å². The Morgan fingerprint density at radius 1 is 0.500 bits per heavy atom. The summed E-state index contributed by atoms with van der Waals surface area (Å²) in [5.74, 6) is 0. The second-order valence-electron chi connectivity index (χ2n) is 0.771. The summed E-state index contributed by atoms with van der Waals surface area (Å²) in [6, 6.07) is 0. The Kier molecular flexibility index (Phi) is 122. The highest BCUT2D eigenvalue weighted by Gasteiger charge is 1.35.